The molecule has 1 spiro atoms. The van der Waals surface area contributed by atoms with Gasteiger partial charge in [-0.3, -0.25) is 19.6 Å². The van der Waals surface area contributed by atoms with Crippen molar-refractivity contribution in [3.8, 4) is 0 Å². The molecule has 3 rings (SSSR count). The van der Waals surface area contributed by atoms with Gasteiger partial charge < -0.3 is 19.8 Å². The van der Waals surface area contributed by atoms with Crippen LogP contribution in [0.1, 0.15) is 24.2 Å². The van der Waals surface area contributed by atoms with E-state index < -0.39 is 5.60 Å². The van der Waals surface area contributed by atoms with Gasteiger partial charge in [0.2, 0.25) is 5.91 Å². The number of methoxy groups -OCH3 is 1. The average Bonchev–Trinajstić information content (AvgIpc) is 3.22. The summed E-state index contributed by atoms with van der Waals surface area (Å²) in [5.41, 5.74) is 1.23. The molecule has 1 aromatic heterocycles. The predicted octanol–water partition coefficient (Wildman–Crippen LogP) is -0.205. The first-order valence-corrected chi connectivity index (χ1v) is 8.09. The third-order valence-electron chi connectivity index (χ3n) is 4.30. The zero-order valence-electron chi connectivity index (χ0n) is 14.3. The zero-order chi connectivity index (χ0) is 17.9. The number of oxime groups is 1. The topological polar surface area (TPSA) is 106 Å². The summed E-state index contributed by atoms with van der Waals surface area (Å²) in [5.74, 6) is -0.375. The van der Waals surface area contributed by atoms with E-state index in [0.717, 1.165) is 5.69 Å². The standard InChI is InChI=1S/C16H21N5O4/c1-11-6-18-12(7-17-11)8-19-15(23)13-5-16(25-20-13)3-4-21(10-16)14(22)9-24-2/h6-7H,3-5,8-10H2,1-2H3,(H,19,23)/t16-/m1/s1. The van der Waals surface area contributed by atoms with Crippen molar-refractivity contribution in [3.05, 3.63) is 23.8 Å². The quantitative estimate of drug-likeness (QED) is 0.790. The minimum absolute atomic E-state index is 0.0435. The van der Waals surface area contributed by atoms with Gasteiger partial charge in [-0.25, -0.2) is 0 Å². The highest BCUT2D eigenvalue weighted by Gasteiger charge is 2.47. The number of nitrogens with zero attached hydrogens (tertiary/aromatic N) is 4. The van der Waals surface area contributed by atoms with Gasteiger partial charge in [0.15, 0.2) is 5.60 Å². The fourth-order valence-corrected chi connectivity index (χ4v) is 2.92. The smallest absolute Gasteiger partial charge is 0.269 e. The van der Waals surface area contributed by atoms with E-state index in [0.29, 0.717) is 37.3 Å². The molecule has 3 heterocycles. The van der Waals surface area contributed by atoms with E-state index in [9.17, 15) is 9.59 Å². The van der Waals surface area contributed by atoms with Gasteiger partial charge in [0.25, 0.3) is 5.91 Å². The van der Waals surface area contributed by atoms with E-state index in [1.807, 2.05) is 6.92 Å². The third-order valence-corrected chi connectivity index (χ3v) is 4.30. The summed E-state index contributed by atoms with van der Waals surface area (Å²) >= 11 is 0. The van der Waals surface area contributed by atoms with Crippen LogP contribution in [0.15, 0.2) is 17.5 Å². The summed E-state index contributed by atoms with van der Waals surface area (Å²) in [6.07, 6.45) is 4.30. The molecule has 134 valence electrons. The number of hydrogen-bond donors (Lipinski definition) is 1. The first-order chi connectivity index (χ1) is 12.0. The molecule has 25 heavy (non-hydrogen) atoms. The van der Waals surface area contributed by atoms with E-state index in [1.165, 1.54) is 7.11 Å². The number of likely N-dealkylation sites (tertiary alicyclic amines) is 1. The van der Waals surface area contributed by atoms with Gasteiger partial charge in [-0.05, 0) is 6.92 Å². The molecule has 0 aliphatic carbocycles. The van der Waals surface area contributed by atoms with E-state index in [-0.39, 0.29) is 25.0 Å². The summed E-state index contributed by atoms with van der Waals surface area (Å²) in [6.45, 7) is 3.16. The van der Waals surface area contributed by atoms with Crippen LogP contribution in [-0.4, -0.2) is 64.8 Å². The summed E-state index contributed by atoms with van der Waals surface area (Å²) in [7, 11) is 1.49. The van der Waals surface area contributed by atoms with Crippen LogP contribution < -0.4 is 5.32 Å². The van der Waals surface area contributed by atoms with Crippen LogP contribution >= 0.6 is 0 Å². The molecule has 9 nitrogen and oxygen atoms in total. The van der Waals surface area contributed by atoms with Crippen molar-refractivity contribution in [1.82, 2.24) is 20.2 Å². The molecule has 1 N–H and O–H groups in total. The minimum Gasteiger partial charge on any atom is -0.386 e. The van der Waals surface area contributed by atoms with Crippen LogP contribution in [0.3, 0.4) is 0 Å². The number of aryl methyl sites for hydroxylation is 1. The first kappa shape index (κ1) is 17.3. The Balaban J connectivity index is 1.51. The maximum Gasteiger partial charge on any atom is 0.269 e. The Morgan fingerprint density at radius 2 is 2.24 bits per heavy atom. The lowest BCUT2D eigenvalue weighted by Crippen LogP contribution is -2.39. The molecular formula is C16H21N5O4. The van der Waals surface area contributed by atoms with E-state index >= 15 is 0 Å². The van der Waals surface area contributed by atoms with Gasteiger partial charge in [-0.2, -0.15) is 0 Å². The van der Waals surface area contributed by atoms with E-state index in [2.05, 4.69) is 20.4 Å². The Kier molecular flexibility index (Phi) is 4.93. The first-order valence-electron chi connectivity index (χ1n) is 8.09. The molecule has 0 unspecified atom stereocenters. The fraction of sp³-hybridized carbons (Fsp3) is 0.562. The van der Waals surface area contributed by atoms with Gasteiger partial charge >= 0.3 is 0 Å². The molecule has 2 aliphatic rings. The van der Waals surface area contributed by atoms with Crippen LogP contribution in [0.4, 0.5) is 0 Å². The van der Waals surface area contributed by atoms with Gasteiger partial charge in [-0.1, -0.05) is 5.16 Å². The van der Waals surface area contributed by atoms with Gasteiger partial charge in [0.1, 0.15) is 12.3 Å². The lowest BCUT2D eigenvalue weighted by atomic mass is 9.96. The Hall–Kier alpha value is -2.55. The highest BCUT2D eigenvalue weighted by atomic mass is 16.7. The van der Waals surface area contributed by atoms with Crippen molar-refractivity contribution in [2.24, 2.45) is 5.16 Å². The molecule has 2 aliphatic heterocycles. The number of carbonyl (C=O) groups excluding carboxylic acids is 2. The normalized spacial score (nSPS) is 22.0. The third kappa shape index (κ3) is 3.93. The molecule has 9 heteroatoms. The van der Waals surface area contributed by atoms with Crippen LogP contribution in [0.5, 0.6) is 0 Å². The van der Waals surface area contributed by atoms with Crippen LogP contribution in [-0.2, 0) is 25.7 Å². The molecule has 0 saturated carbocycles. The maximum atomic E-state index is 12.3. The van der Waals surface area contributed by atoms with Crippen molar-refractivity contribution in [2.75, 3.05) is 26.8 Å². The molecule has 1 saturated heterocycles. The predicted molar refractivity (Wildman–Crippen MR) is 87.6 cm³/mol. The van der Waals surface area contributed by atoms with Crippen LogP contribution in [0.2, 0.25) is 0 Å². The maximum absolute atomic E-state index is 12.3. The molecule has 0 aromatic carbocycles. The molecule has 2 amide bonds. The van der Waals surface area contributed by atoms with Crippen molar-refractivity contribution in [3.63, 3.8) is 0 Å². The summed E-state index contributed by atoms with van der Waals surface area (Å²) < 4.78 is 4.87. The molecule has 0 radical (unpaired) electrons. The SMILES string of the molecule is COCC(=O)N1CC[C@@]2(CC(C(=O)NCc3cnc(C)cn3)=NO2)C1. The van der Waals surface area contributed by atoms with Crippen LogP contribution in [0, 0.1) is 6.92 Å². The number of nitrogens with one attached hydrogen (secondary N) is 1. The summed E-state index contributed by atoms with van der Waals surface area (Å²) in [6, 6.07) is 0. The lowest BCUT2D eigenvalue weighted by molar-refractivity contribution is -0.135. The fourth-order valence-electron chi connectivity index (χ4n) is 2.92. The summed E-state index contributed by atoms with van der Waals surface area (Å²) in [4.78, 5) is 39.7. The number of aromatic nitrogens is 2. The molecule has 0 bridgehead atoms. The number of carbonyl (C=O) groups is 2. The number of hydrogen-bond acceptors (Lipinski definition) is 7. The van der Waals surface area contributed by atoms with E-state index in [4.69, 9.17) is 9.57 Å². The Bertz CT molecular complexity index is 690. The lowest BCUT2D eigenvalue weighted by Gasteiger charge is -2.21. The second-order valence-corrected chi connectivity index (χ2v) is 6.32. The minimum atomic E-state index is -0.597. The highest BCUT2D eigenvalue weighted by Crippen LogP contribution is 2.33. The average molecular weight is 347 g/mol. The van der Waals surface area contributed by atoms with Gasteiger partial charge in [0.05, 0.1) is 30.7 Å². The van der Waals surface area contributed by atoms with Gasteiger partial charge in [0, 0.05) is 32.7 Å². The second-order valence-electron chi connectivity index (χ2n) is 6.32. The van der Waals surface area contributed by atoms with Crippen molar-refractivity contribution in [1.29, 1.82) is 0 Å². The molecule has 1 aromatic rings. The Morgan fingerprint density at radius 3 is 2.96 bits per heavy atom. The molecule has 1 atom stereocenters. The number of amides is 2. The summed E-state index contributed by atoms with van der Waals surface area (Å²) in [5, 5.41) is 6.70. The van der Waals surface area contributed by atoms with Gasteiger partial charge in [-0.15, -0.1) is 0 Å². The Labute approximate surface area is 145 Å². The monoisotopic (exact) mass is 347 g/mol. The zero-order valence-corrected chi connectivity index (χ0v) is 14.3. The Morgan fingerprint density at radius 1 is 1.40 bits per heavy atom. The highest BCUT2D eigenvalue weighted by molar-refractivity contribution is 6.39. The number of ether oxygens (including phenoxy) is 1. The van der Waals surface area contributed by atoms with Crippen LogP contribution in [0.25, 0.3) is 0 Å². The van der Waals surface area contributed by atoms with E-state index in [1.54, 1.807) is 17.3 Å². The van der Waals surface area contributed by atoms with Crippen molar-refractivity contribution < 1.29 is 19.2 Å². The number of rotatable bonds is 5. The van der Waals surface area contributed by atoms with Crippen molar-refractivity contribution >= 4 is 17.5 Å². The van der Waals surface area contributed by atoms with Crippen molar-refractivity contribution in [2.45, 2.75) is 31.9 Å². The molecular weight excluding hydrogens is 326 g/mol. The second kappa shape index (κ2) is 7.14. The largest absolute Gasteiger partial charge is 0.386 e. The molecule has 1 fully saturated rings.